The van der Waals surface area contributed by atoms with Gasteiger partial charge in [-0.25, -0.2) is 9.97 Å². The van der Waals surface area contributed by atoms with Crippen LogP contribution in [0.5, 0.6) is 0 Å². The number of thioether (sulfide) groups is 2. The monoisotopic (exact) mass is 412 g/mol. The van der Waals surface area contributed by atoms with Crippen LogP contribution in [0.2, 0.25) is 0 Å². The molecule has 0 fully saturated rings. The SMILES string of the molecule is O=C(O)[C@H](Sc1ccnc(S[C@@H](C(=O)O)c2ccccc2)n1)c1ccccc1. The first-order valence-electron chi connectivity index (χ1n) is 8.26. The van der Waals surface area contributed by atoms with Gasteiger partial charge in [-0.3, -0.25) is 9.59 Å². The van der Waals surface area contributed by atoms with Gasteiger partial charge < -0.3 is 10.2 Å². The standard InChI is InChI=1S/C20H16N2O4S2/c23-18(24)16(13-7-3-1-4-8-13)27-15-11-12-21-20(22-15)28-17(19(25)26)14-9-5-2-6-10-14/h1-12,16-17H,(H,23,24)(H,25,26)/t16-,17-/m1/s1. The number of carboxylic acid groups (broad SMARTS) is 2. The van der Waals surface area contributed by atoms with E-state index in [0.29, 0.717) is 16.2 Å². The molecule has 0 unspecified atom stereocenters. The molecule has 0 radical (unpaired) electrons. The Morgan fingerprint density at radius 3 is 1.75 bits per heavy atom. The van der Waals surface area contributed by atoms with Crippen molar-refractivity contribution in [2.45, 2.75) is 20.7 Å². The van der Waals surface area contributed by atoms with E-state index < -0.39 is 22.4 Å². The third kappa shape index (κ3) is 5.11. The second-order valence-corrected chi connectivity index (χ2v) is 7.87. The summed E-state index contributed by atoms with van der Waals surface area (Å²) in [6, 6.07) is 19.3. The third-order valence-corrected chi connectivity index (χ3v) is 6.02. The zero-order valence-corrected chi connectivity index (χ0v) is 16.1. The van der Waals surface area contributed by atoms with Crippen LogP contribution in [-0.2, 0) is 9.59 Å². The molecule has 0 saturated carbocycles. The summed E-state index contributed by atoms with van der Waals surface area (Å²) in [5.41, 5.74) is 1.29. The topological polar surface area (TPSA) is 100 Å². The van der Waals surface area contributed by atoms with Gasteiger partial charge in [-0.2, -0.15) is 0 Å². The molecule has 0 aliphatic carbocycles. The highest BCUT2D eigenvalue weighted by molar-refractivity contribution is 8.00. The van der Waals surface area contributed by atoms with E-state index in [1.165, 1.54) is 6.20 Å². The Morgan fingerprint density at radius 2 is 1.25 bits per heavy atom. The Bertz CT molecular complexity index is 880. The van der Waals surface area contributed by atoms with Crippen molar-refractivity contribution in [1.29, 1.82) is 0 Å². The first-order chi connectivity index (χ1) is 13.5. The molecule has 142 valence electrons. The number of benzene rings is 2. The molecule has 0 aliphatic heterocycles. The lowest BCUT2D eigenvalue weighted by atomic mass is 10.1. The van der Waals surface area contributed by atoms with Crippen LogP contribution in [0.25, 0.3) is 0 Å². The Hall–Kier alpha value is -2.84. The van der Waals surface area contributed by atoms with Crippen LogP contribution >= 0.6 is 23.5 Å². The molecule has 0 bridgehead atoms. The van der Waals surface area contributed by atoms with Gasteiger partial charge in [0.05, 0.1) is 0 Å². The van der Waals surface area contributed by atoms with Crippen LogP contribution in [0.4, 0.5) is 0 Å². The second kappa shape index (κ2) is 9.38. The van der Waals surface area contributed by atoms with E-state index >= 15 is 0 Å². The molecule has 1 heterocycles. The van der Waals surface area contributed by atoms with Crippen LogP contribution in [0, 0.1) is 0 Å². The summed E-state index contributed by atoms with van der Waals surface area (Å²) in [6.07, 6.45) is 1.51. The highest BCUT2D eigenvalue weighted by Crippen LogP contribution is 2.37. The summed E-state index contributed by atoms with van der Waals surface area (Å²) in [6.45, 7) is 0. The number of hydrogen-bond acceptors (Lipinski definition) is 6. The minimum absolute atomic E-state index is 0.276. The van der Waals surface area contributed by atoms with E-state index in [1.807, 2.05) is 12.1 Å². The van der Waals surface area contributed by atoms with Crippen molar-refractivity contribution in [3.63, 3.8) is 0 Å². The van der Waals surface area contributed by atoms with Crippen LogP contribution in [0.1, 0.15) is 21.6 Å². The number of carbonyl (C=O) groups is 2. The minimum atomic E-state index is -0.995. The fourth-order valence-electron chi connectivity index (χ4n) is 2.45. The molecule has 0 saturated heterocycles. The van der Waals surface area contributed by atoms with E-state index in [0.717, 1.165) is 23.5 Å². The normalized spacial score (nSPS) is 12.9. The molecular formula is C20H16N2O4S2. The molecule has 2 atom stereocenters. The van der Waals surface area contributed by atoms with Crippen molar-refractivity contribution in [2.75, 3.05) is 0 Å². The highest BCUT2D eigenvalue weighted by atomic mass is 32.2. The number of aromatic nitrogens is 2. The maximum absolute atomic E-state index is 11.7. The van der Waals surface area contributed by atoms with Crippen molar-refractivity contribution < 1.29 is 19.8 Å². The van der Waals surface area contributed by atoms with Crippen molar-refractivity contribution in [3.05, 3.63) is 84.1 Å². The van der Waals surface area contributed by atoms with Gasteiger partial charge in [0.15, 0.2) is 5.16 Å². The van der Waals surface area contributed by atoms with Crippen LogP contribution in [0.3, 0.4) is 0 Å². The minimum Gasteiger partial charge on any atom is -0.480 e. The second-order valence-electron chi connectivity index (χ2n) is 5.67. The Morgan fingerprint density at radius 1 is 0.750 bits per heavy atom. The van der Waals surface area contributed by atoms with Gasteiger partial charge in [0, 0.05) is 6.20 Å². The summed E-state index contributed by atoms with van der Waals surface area (Å²) in [5.74, 6) is -1.97. The average molecular weight is 412 g/mol. The molecular weight excluding hydrogens is 396 g/mol. The lowest BCUT2D eigenvalue weighted by Gasteiger charge is -2.14. The van der Waals surface area contributed by atoms with Crippen molar-refractivity contribution in [1.82, 2.24) is 9.97 Å². The fourth-order valence-corrected chi connectivity index (χ4v) is 4.30. The number of nitrogens with zero attached hydrogens (tertiary/aromatic N) is 2. The summed E-state index contributed by atoms with van der Waals surface area (Å²) in [7, 11) is 0. The van der Waals surface area contributed by atoms with E-state index in [2.05, 4.69) is 9.97 Å². The smallest absolute Gasteiger partial charge is 0.321 e. The van der Waals surface area contributed by atoms with Gasteiger partial charge in [-0.05, 0) is 17.2 Å². The Balaban J connectivity index is 1.81. The first-order valence-corrected chi connectivity index (χ1v) is 10.0. The van der Waals surface area contributed by atoms with Gasteiger partial charge in [0.1, 0.15) is 15.5 Å². The summed E-state index contributed by atoms with van der Waals surface area (Å²) >= 11 is 2.10. The average Bonchev–Trinajstić information content (AvgIpc) is 2.71. The van der Waals surface area contributed by atoms with Gasteiger partial charge in [0.25, 0.3) is 0 Å². The van der Waals surface area contributed by atoms with Crippen molar-refractivity contribution in [3.8, 4) is 0 Å². The molecule has 2 aromatic carbocycles. The molecule has 0 amide bonds. The summed E-state index contributed by atoms with van der Waals surface area (Å²) < 4.78 is 0. The van der Waals surface area contributed by atoms with Gasteiger partial charge in [-0.15, -0.1) is 0 Å². The molecule has 0 aliphatic rings. The molecule has 6 nitrogen and oxygen atoms in total. The van der Waals surface area contributed by atoms with Crippen molar-refractivity contribution in [2.24, 2.45) is 0 Å². The Labute approximate surface area is 170 Å². The van der Waals surface area contributed by atoms with E-state index in [-0.39, 0.29) is 5.16 Å². The molecule has 0 spiro atoms. The Kier molecular flexibility index (Phi) is 6.67. The van der Waals surface area contributed by atoms with E-state index in [9.17, 15) is 19.8 Å². The van der Waals surface area contributed by atoms with Gasteiger partial charge in [-0.1, -0.05) is 84.2 Å². The predicted octanol–water partition coefficient (Wildman–Crippen LogP) is 4.31. The first kappa shape index (κ1) is 19.9. The number of hydrogen-bond donors (Lipinski definition) is 2. The maximum atomic E-state index is 11.7. The zero-order valence-electron chi connectivity index (χ0n) is 14.5. The molecule has 8 heteroatoms. The number of carboxylic acids is 2. The lowest BCUT2D eigenvalue weighted by molar-refractivity contribution is -0.137. The largest absolute Gasteiger partial charge is 0.480 e. The number of aliphatic carboxylic acids is 2. The molecule has 1 aromatic heterocycles. The fraction of sp³-hybridized carbons (Fsp3) is 0.100. The van der Waals surface area contributed by atoms with Gasteiger partial charge >= 0.3 is 11.9 Å². The van der Waals surface area contributed by atoms with Crippen LogP contribution < -0.4 is 0 Å². The quantitative estimate of drug-likeness (QED) is 0.321. The van der Waals surface area contributed by atoms with Gasteiger partial charge in [0.2, 0.25) is 0 Å². The van der Waals surface area contributed by atoms with E-state index in [4.69, 9.17) is 0 Å². The number of rotatable bonds is 8. The highest BCUT2D eigenvalue weighted by Gasteiger charge is 2.24. The third-order valence-electron chi connectivity index (χ3n) is 3.72. The van der Waals surface area contributed by atoms with Crippen LogP contribution in [0.15, 0.2) is 83.1 Å². The summed E-state index contributed by atoms with van der Waals surface area (Å²) in [5, 5.41) is 18.2. The maximum Gasteiger partial charge on any atom is 0.321 e. The summed E-state index contributed by atoms with van der Waals surface area (Å²) in [4.78, 5) is 31.9. The molecule has 3 aromatic rings. The molecule has 2 N–H and O–H groups in total. The molecule has 3 rings (SSSR count). The predicted molar refractivity (Wildman–Crippen MR) is 107 cm³/mol. The van der Waals surface area contributed by atoms with Crippen LogP contribution in [-0.4, -0.2) is 32.1 Å². The lowest BCUT2D eigenvalue weighted by Crippen LogP contribution is -2.09. The van der Waals surface area contributed by atoms with Crippen molar-refractivity contribution >= 4 is 35.5 Å². The zero-order chi connectivity index (χ0) is 19.9. The molecule has 28 heavy (non-hydrogen) atoms. The van der Waals surface area contributed by atoms with E-state index in [1.54, 1.807) is 54.6 Å².